The lowest BCUT2D eigenvalue weighted by Gasteiger charge is -2.18. The molecule has 1 amide bonds. The molecule has 0 rings (SSSR count). The molecule has 0 aromatic heterocycles. The minimum absolute atomic E-state index is 0.0537. The molecule has 0 saturated heterocycles. The van der Waals surface area contributed by atoms with Crippen LogP contribution in [0.15, 0.2) is 0 Å². The lowest BCUT2D eigenvalue weighted by molar-refractivity contribution is -0.126. The van der Waals surface area contributed by atoms with E-state index in [9.17, 15) is 9.59 Å². The summed E-state index contributed by atoms with van der Waals surface area (Å²) in [4.78, 5) is 22.3. The summed E-state index contributed by atoms with van der Waals surface area (Å²) in [6, 6.07) is -1.05. The third kappa shape index (κ3) is 5.79. The number of nitrogens with one attached hydrogen (secondary N) is 2. The van der Waals surface area contributed by atoms with Gasteiger partial charge in [-0.3, -0.25) is 16.1 Å². The first kappa shape index (κ1) is 15.0. The van der Waals surface area contributed by atoms with E-state index in [2.05, 4.69) is 10.7 Å². The van der Waals surface area contributed by atoms with Crippen molar-refractivity contribution in [2.45, 2.75) is 38.8 Å². The summed E-state index contributed by atoms with van der Waals surface area (Å²) in [6.07, 6.45) is 2.00. The van der Waals surface area contributed by atoms with Gasteiger partial charge in [0.05, 0.1) is 12.1 Å². The van der Waals surface area contributed by atoms with Crippen molar-refractivity contribution in [3.8, 4) is 0 Å². The van der Waals surface area contributed by atoms with Gasteiger partial charge in [-0.25, -0.2) is 0 Å². The second-order valence-corrected chi connectivity index (χ2v) is 4.12. The summed E-state index contributed by atoms with van der Waals surface area (Å²) in [5.41, 5.74) is 8.15. The number of hydrogen-bond acceptors (Lipinski definition) is 5. The van der Waals surface area contributed by atoms with Gasteiger partial charge in [0.2, 0.25) is 5.91 Å². The molecular weight excluding hydrogens is 208 g/mol. The maximum Gasteiger partial charge on any atom is 0.237 e. The molecule has 0 heterocycles. The molecule has 0 radical (unpaired) electrons. The molecule has 0 bridgehead atoms. The molecule has 0 spiro atoms. The number of hydrazine groups is 1. The van der Waals surface area contributed by atoms with Crippen molar-refractivity contribution in [3.05, 3.63) is 0 Å². The van der Waals surface area contributed by atoms with Gasteiger partial charge < -0.3 is 15.8 Å². The predicted molar refractivity (Wildman–Crippen MR) is 62.2 cm³/mol. The number of aldehydes is 1. The Morgan fingerprint density at radius 3 is 2.50 bits per heavy atom. The zero-order valence-electron chi connectivity index (χ0n) is 9.90. The van der Waals surface area contributed by atoms with Crippen LogP contribution in [0, 0.1) is 5.92 Å². The van der Waals surface area contributed by atoms with E-state index in [1.165, 1.54) is 0 Å². The molecule has 6 heteroatoms. The monoisotopic (exact) mass is 230 g/mol. The van der Waals surface area contributed by atoms with Crippen molar-refractivity contribution in [2.24, 2.45) is 17.5 Å². The van der Waals surface area contributed by atoms with Crippen LogP contribution in [0.1, 0.15) is 26.7 Å². The van der Waals surface area contributed by atoms with Gasteiger partial charge in [-0.15, -0.1) is 0 Å². The maximum absolute atomic E-state index is 11.6. The Labute approximate surface area is 96.1 Å². The Kier molecular flexibility index (Phi) is 7.70. The van der Waals surface area contributed by atoms with Crippen molar-refractivity contribution in [3.63, 3.8) is 0 Å². The maximum atomic E-state index is 11.6. The second-order valence-electron chi connectivity index (χ2n) is 4.12. The molecule has 94 valence electrons. The van der Waals surface area contributed by atoms with Gasteiger partial charge >= 0.3 is 0 Å². The van der Waals surface area contributed by atoms with Crippen LogP contribution in [0.25, 0.3) is 0 Å². The lowest BCUT2D eigenvalue weighted by atomic mass is 10.0. The van der Waals surface area contributed by atoms with Gasteiger partial charge in [0.25, 0.3) is 0 Å². The van der Waals surface area contributed by atoms with E-state index in [1.54, 1.807) is 0 Å². The van der Waals surface area contributed by atoms with E-state index >= 15 is 0 Å². The van der Waals surface area contributed by atoms with Crippen molar-refractivity contribution < 1.29 is 9.59 Å². The van der Waals surface area contributed by atoms with Crippen molar-refractivity contribution in [2.75, 3.05) is 6.54 Å². The molecule has 0 aromatic carbocycles. The molecular formula is C10H22N4O2. The molecule has 2 unspecified atom stereocenters. The second kappa shape index (κ2) is 8.20. The average molecular weight is 230 g/mol. The van der Waals surface area contributed by atoms with Crippen molar-refractivity contribution >= 4 is 12.2 Å². The van der Waals surface area contributed by atoms with Crippen LogP contribution in [0.3, 0.4) is 0 Å². The number of rotatable bonds is 8. The Morgan fingerprint density at radius 1 is 1.44 bits per heavy atom. The average Bonchev–Trinajstić information content (AvgIpc) is 2.26. The van der Waals surface area contributed by atoms with Crippen LogP contribution in [0.4, 0.5) is 0 Å². The summed E-state index contributed by atoms with van der Waals surface area (Å²) in [7, 11) is 0. The Morgan fingerprint density at radius 2 is 2.06 bits per heavy atom. The summed E-state index contributed by atoms with van der Waals surface area (Å²) in [6.45, 7) is 4.33. The van der Waals surface area contributed by atoms with Crippen LogP contribution in [0.2, 0.25) is 0 Å². The summed E-state index contributed by atoms with van der Waals surface area (Å²) < 4.78 is 0. The fourth-order valence-corrected chi connectivity index (χ4v) is 1.18. The number of amides is 1. The molecule has 0 aliphatic heterocycles. The molecule has 6 N–H and O–H groups in total. The molecule has 0 aliphatic rings. The van der Waals surface area contributed by atoms with Crippen LogP contribution in [0.5, 0.6) is 0 Å². The molecule has 0 aliphatic carbocycles. The van der Waals surface area contributed by atoms with Crippen LogP contribution in [-0.4, -0.2) is 30.8 Å². The standard InChI is InChI=1S/C10H22N4O2/c1-7(2)9(11)10(16)14-8(6-15)4-3-5-13-12/h6-9,13H,3-5,11-12H2,1-2H3,(H,14,16). The molecule has 16 heavy (non-hydrogen) atoms. The molecule has 0 saturated carbocycles. The lowest BCUT2D eigenvalue weighted by Crippen LogP contribution is -2.48. The zero-order valence-corrected chi connectivity index (χ0v) is 9.90. The molecule has 6 nitrogen and oxygen atoms in total. The fraction of sp³-hybridized carbons (Fsp3) is 0.800. The summed E-state index contributed by atoms with van der Waals surface area (Å²) in [5, 5.41) is 2.61. The van der Waals surface area contributed by atoms with Crippen LogP contribution >= 0.6 is 0 Å². The third-order valence-electron chi connectivity index (χ3n) is 2.35. The third-order valence-corrected chi connectivity index (χ3v) is 2.35. The highest BCUT2D eigenvalue weighted by Gasteiger charge is 2.19. The normalized spacial score (nSPS) is 14.6. The van der Waals surface area contributed by atoms with E-state index in [1.807, 2.05) is 13.8 Å². The minimum Gasteiger partial charge on any atom is -0.345 e. The van der Waals surface area contributed by atoms with E-state index < -0.39 is 12.1 Å². The van der Waals surface area contributed by atoms with E-state index in [-0.39, 0.29) is 11.8 Å². The predicted octanol–water partition coefficient (Wildman–Crippen LogP) is -1.10. The topological polar surface area (TPSA) is 110 Å². The van der Waals surface area contributed by atoms with Crippen molar-refractivity contribution in [1.29, 1.82) is 0 Å². The van der Waals surface area contributed by atoms with E-state index in [0.29, 0.717) is 13.0 Å². The molecule has 0 fully saturated rings. The number of hydrogen-bond donors (Lipinski definition) is 4. The van der Waals surface area contributed by atoms with Gasteiger partial charge in [-0.2, -0.15) is 0 Å². The Balaban J connectivity index is 4.01. The van der Waals surface area contributed by atoms with E-state index in [4.69, 9.17) is 11.6 Å². The highest BCUT2D eigenvalue weighted by atomic mass is 16.2. The highest BCUT2D eigenvalue weighted by molar-refractivity contribution is 5.84. The fourth-order valence-electron chi connectivity index (χ4n) is 1.18. The number of carbonyl (C=O) groups is 2. The largest absolute Gasteiger partial charge is 0.345 e. The van der Waals surface area contributed by atoms with Crippen LogP contribution in [-0.2, 0) is 9.59 Å². The first-order valence-corrected chi connectivity index (χ1v) is 5.47. The van der Waals surface area contributed by atoms with Crippen LogP contribution < -0.4 is 22.3 Å². The minimum atomic E-state index is -0.574. The zero-order chi connectivity index (χ0) is 12.6. The SMILES string of the molecule is CC(C)C(N)C(=O)NC(C=O)CCCNN. The Bertz CT molecular complexity index is 221. The highest BCUT2D eigenvalue weighted by Crippen LogP contribution is 2.00. The Hall–Kier alpha value is -0.980. The molecule has 2 atom stereocenters. The number of nitrogens with two attached hydrogens (primary N) is 2. The van der Waals surface area contributed by atoms with E-state index in [0.717, 1.165) is 12.7 Å². The first-order valence-electron chi connectivity index (χ1n) is 5.47. The van der Waals surface area contributed by atoms with Gasteiger partial charge in [0.1, 0.15) is 6.29 Å². The molecule has 0 aromatic rings. The first-order chi connectivity index (χ1) is 7.52. The smallest absolute Gasteiger partial charge is 0.237 e. The summed E-state index contributed by atoms with van der Waals surface area (Å²) in [5.74, 6) is 4.87. The van der Waals surface area contributed by atoms with Gasteiger partial charge in [-0.1, -0.05) is 13.8 Å². The van der Waals surface area contributed by atoms with Crippen molar-refractivity contribution in [1.82, 2.24) is 10.7 Å². The quantitative estimate of drug-likeness (QED) is 0.183. The summed E-state index contributed by atoms with van der Waals surface area (Å²) >= 11 is 0. The number of carbonyl (C=O) groups excluding carboxylic acids is 2. The van der Waals surface area contributed by atoms with Gasteiger partial charge in [0.15, 0.2) is 0 Å². The van der Waals surface area contributed by atoms with Gasteiger partial charge in [0, 0.05) is 6.54 Å². The van der Waals surface area contributed by atoms with Gasteiger partial charge in [-0.05, 0) is 18.8 Å².